The molecule has 0 radical (unpaired) electrons. The summed E-state index contributed by atoms with van der Waals surface area (Å²) in [6.07, 6.45) is 3.13. The molecule has 1 unspecified atom stereocenters. The number of ether oxygens (including phenoxy) is 1. The van der Waals surface area contributed by atoms with Gasteiger partial charge in [0.15, 0.2) is 0 Å². The van der Waals surface area contributed by atoms with E-state index in [-0.39, 0.29) is 0 Å². The van der Waals surface area contributed by atoms with Gasteiger partial charge >= 0.3 is 0 Å². The average Bonchev–Trinajstić information content (AvgIpc) is 2.85. The van der Waals surface area contributed by atoms with E-state index < -0.39 is 0 Å². The summed E-state index contributed by atoms with van der Waals surface area (Å²) in [5.74, 6) is 0. The van der Waals surface area contributed by atoms with Crippen molar-refractivity contribution in [3.05, 3.63) is 18.0 Å². The fraction of sp³-hybridized carbons (Fsp3) is 0.727. The van der Waals surface area contributed by atoms with Gasteiger partial charge in [-0.3, -0.25) is 4.68 Å². The second-order valence-electron chi connectivity index (χ2n) is 4.34. The lowest BCUT2D eigenvalue weighted by Crippen LogP contribution is -2.22. The standard InChI is InChI=1S/C11H19N3O/c1-9(2)12-7-10-3-5-14(13-10)11-4-6-15-8-11/h3,5,9,11-12H,4,6-8H2,1-2H3. The van der Waals surface area contributed by atoms with E-state index in [1.54, 1.807) is 0 Å². The Morgan fingerprint density at radius 1 is 1.67 bits per heavy atom. The van der Waals surface area contributed by atoms with E-state index in [4.69, 9.17) is 4.74 Å². The van der Waals surface area contributed by atoms with Crippen LogP contribution in [-0.2, 0) is 11.3 Å². The highest BCUT2D eigenvalue weighted by atomic mass is 16.5. The molecule has 0 spiro atoms. The van der Waals surface area contributed by atoms with E-state index >= 15 is 0 Å². The van der Waals surface area contributed by atoms with E-state index in [2.05, 4.69) is 36.5 Å². The molecule has 1 fully saturated rings. The largest absolute Gasteiger partial charge is 0.379 e. The van der Waals surface area contributed by atoms with Gasteiger partial charge in [0, 0.05) is 25.4 Å². The zero-order valence-electron chi connectivity index (χ0n) is 9.44. The predicted octanol–water partition coefficient (Wildman–Crippen LogP) is 1.34. The Hall–Kier alpha value is -0.870. The summed E-state index contributed by atoms with van der Waals surface area (Å²) >= 11 is 0. The zero-order chi connectivity index (χ0) is 10.7. The van der Waals surface area contributed by atoms with E-state index in [1.807, 2.05) is 4.68 Å². The van der Waals surface area contributed by atoms with E-state index in [1.165, 1.54) is 0 Å². The first-order valence-electron chi connectivity index (χ1n) is 5.61. The molecule has 2 heterocycles. The van der Waals surface area contributed by atoms with Crippen molar-refractivity contribution in [3.8, 4) is 0 Å². The third kappa shape index (κ3) is 2.79. The molecule has 0 aliphatic carbocycles. The van der Waals surface area contributed by atoms with Gasteiger partial charge in [-0.05, 0) is 12.5 Å². The van der Waals surface area contributed by atoms with Gasteiger partial charge in [0.1, 0.15) is 0 Å². The summed E-state index contributed by atoms with van der Waals surface area (Å²) in [6.45, 7) is 6.80. The quantitative estimate of drug-likeness (QED) is 0.813. The summed E-state index contributed by atoms with van der Waals surface area (Å²) in [6, 6.07) is 3.02. The molecule has 0 bridgehead atoms. The molecule has 0 amide bonds. The van der Waals surface area contributed by atoms with Crippen LogP contribution in [-0.4, -0.2) is 29.0 Å². The Bertz CT molecular complexity index is 303. The van der Waals surface area contributed by atoms with Crippen LogP contribution in [0, 0.1) is 0 Å². The van der Waals surface area contributed by atoms with Crippen molar-refractivity contribution >= 4 is 0 Å². The van der Waals surface area contributed by atoms with Crippen LogP contribution >= 0.6 is 0 Å². The molecule has 1 aliphatic heterocycles. The average molecular weight is 209 g/mol. The SMILES string of the molecule is CC(C)NCc1ccn(C2CCOC2)n1. The number of aromatic nitrogens is 2. The highest BCUT2D eigenvalue weighted by Gasteiger charge is 2.17. The van der Waals surface area contributed by atoms with Crippen LogP contribution in [0.3, 0.4) is 0 Å². The summed E-state index contributed by atoms with van der Waals surface area (Å²) in [5, 5.41) is 7.90. The van der Waals surface area contributed by atoms with Gasteiger partial charge in [0.2, 0.25) is 0 Å². The van der Waals surface area contributed by atoms with E-state index in [0.717, 1.165) is 31.9 Å². The lowest BCUT2D eigenvalue weighted by molar-refractivity contribution is 0.184. The highest BCUT2D eigenvalue weighted by Crippen LogP contribution is 2.17. The number of rotatable bonds is 4. The number of nitrogens with one attached hydrogen (secondary N) is 1. The molecule has 0 saturated carbocycles. The molecule has 1 aromatic rings. The molecule has 0 aromatic carbocycles. The van der Waals surface area contributed by atoms with E-state index in [0.29, 0.717) is 12.1 Å². The minimum atomic E-state index is 0.442. The molecular weight excluding hydrogens is 190 g/mol. The predicted molar refractivity (Wildman–Crippen MR) is 58.7 cm³/mol. The molecule has 1 aliphatic rings. The van der Waals surface area contributed by atoms with Crippen molar-refractivity contribution in [2.45, 2.75) is 38.9 Å². The second-order valence-corrected chi connectivity index (χ2v) is 4.34. The normalized spacial score (nSPS) is 21.4. The first-order chi connectivity index (χ1) is 7.25. The van der Waals surface area contributed by atoms with Crippen LogP contribution in [0.2, 0.25) is 0 Å². The summed E-state index contributed by atoms with van der Waals surface area (Å²) in [5.41, 5.74) is 1.11. The lowest BCUT2D eigenvalue weighted by atomic mass is 10.3. The van der Waals surface area contributed by atoms with Gasteiger partial charge in [-0.15, -0.1) is 0 Å². The minimum absolute atomic E-state index is 0.442. The van der Waals surface area contributed by atoms with Crippen LogP contribution in [0.1, 0.15) is 32.0 Å². The maximum atomic E-state index is 5.34. The second kappa shape index (κ2) is 4.77. The molecular formula is C11H19N3O. The molecule has 4 nitrogen and oxygen atoms in total. The van der Waals surface area contributed by atoms with Crippen LogP contribution in [0.4, 0.5) is 0 Å². The molecule has 84 valence electrons. The Balaban J connectivity index is 1.91. The molecule has 1 atom stereocenters. The van der Waals surface area contributed by atoms with E-state index in [9.17, 15) is 0 Å². The Kier molecular flexibility index (Phi) is 3.38. The fourth-order valence-electron chi connectivity index (χ4n) is 1.71. The van der Waals surface area contributed by atoms with Gasteiger partial charge in [0.25, 0.3) is 0 Å². The molecule has 4 heteroatoms. The first-order valence-corrected chi connectivity index (χ1v) is 5.61. The monoisotopic (exact) mass is 209 g/mol. The summed E-state index contributed by atoms with van der Waals surface area (Å²) in [7, 11) is 0. The van der Waals surface area contributed by atoms with Gasteiger partial charge < -0.3 is 10.1 Å². The van der Waals surface area contributed by atoms with Gasteiger partial charge in [-0.2, -0.15) is 5.10 Å². The molecule has 15 heavy (non-hydrogen) atoms. The number of hydrogen-bond acceptors (Lipinski definition) is 3. The first kappa shape index (κ1) is 10.6. The van der Waals surface area contributed by atoms with Gasteiger partial charge in [-0.25, -0.2) is 0 Å². The van der Waals surface area contributed by atoms with Crippen molar-refractivity contribution in [3.63, 3.8) is 0 Å². The molecule has 1 N–H and O–H groups in total. The van der Waals surface area contributed by atoms with Gasteiger partial charge in [-0.1, -0.05) is 13.8 Å². The summed E-state index contributed by atoms with van der Waals surface area (Å²) < 4.78 is 7.37. The molecule has 1 aromatic heterocycles. The fourth-order valence-corrected chi connectivity index (χ4v) is 1.71. The molecule has 1 saturated heterocycles. The smallest absolute Gasteiger partial charge is 0.0774 e. The Morgan fingerprint density at radius 2 is 2.53 bits per heavy atom. The maximum absolute atomic E-state index is 5.34. The van der Waals surface area contributed by atoms with Crippen molar-refractivity contribution in [1.29, 1.82) is 0 Å². The number of nitrogens with zero attached hydrogens (tertiary/aromatic N) is 2. The lowest BCUT2D eigenvalue weighted by Gasteiger charge is -2.08. The van der Waals surface area contributed by atoms with Crippen LogP contribution in [0.15, 0.2) is 12.3 Å². The zero-order valence-corrected chi connectivity index (χ0v) is 9.44. The molecule has 2 rings (SSSR count). The highest BCUT2D eigenvalue weighted by molar-refractivity contribution is 4.99. The third-order valence-electron chi connectivity index (χ3n) is 2.63. The Labute approximate surface area is 90.6 Å². The third-order valence-corrected chi connectivity index (χ3v) is 2.63. The number of hydrogen-bond donors (Lipinski definition) is 1. The Morgan fingerprint density at radius 3 is 3.20 bits per heavy atom. The van der Waals surface area contributed by atoms with Crippen molar-refractivity contribution in [1.82, 2.24) is 15.1 Å². The van der Waals surface area contributed by atoms with Gasteiger partial charge in [0.05, 0.1) is 18.3 Å². The van der Waals surface area contributed by atoms with Crippen molar-refractivity contribution < 1.29 is 4.74 Å². The minimum Gasteiger partial charge on any atom is -0.379 e. The van der Waals surface area contributed by atoms with Crippen LogP contribution in [0.25, 0.3) is 0 Å². The topological polar surface area (TPSA) is 39.1 Å². The van der Waals surface area contributed by atoms with Crippen molar-refractivity contribution in [2.24, 2.45) is 0 Å². The summed E-state index contributed by atoms with van der Waals surface area (Å²) in [4.78, 5) is 0. The van der Waals surface area contributed by atoms with Crippen LogP contribution < -0.4 is 5.32 Å². The van der Waals surface area contributed by atoms with Crippen molar-refractivity contribution in [2.75, 3.05) is 13.2 Å². The van der Waals surface area contributed by atoms with Crippen LogP contribution in [0.5, 0.6) is 0 Å². The maximum Gasteiger partial charge on any atom is 0.0774 e.